The highest BCUT2D eigenvalue weighted by molar-refractivity contribution is 8.00. The molecule has 31 heavy (non-hydrogen) atoms. The van der Waals surface area contributed by atoms with Crippen molar-refractivity contribution >= 4 is 29.5 Å². The molecule has 0 saturated carbocycles. The average Bonchev–Trinajstić information content (AvgIpc) is 2.96. The SMILES string of the molecule is COc1ccc(Cn2c(O)c(C)c(C)c2SCC(=O)Nc2ccc(C(=O)O)cn2)cc1. The predicted octanol–water partition coefficient (Wildman–Crippen LogP) is 3.69. The highest BCUT2D eigenvalue weighted by Gasteiger charge is 2.19. The Morgan fingerprint density at radius 3 is 2.42 bits per heavy atom. The average molecular weight is 442 g/mol. The molecule has 0 bridgehead atoms. The van der Waals surface area contributed by atoms with Crippen molar-refractivity contribution in [1.82, 2.24) is 9.55 Å². The first-order chi connectivity index (χ1) is 14.8. The highest BCUT2D eigenvalue weighted by Crippen LogP contribution is 2.35. The van der Waals surface area contributed by atoms with Crippen LogP contribution in [0, 0.1) is 13.8 Å². The standard InChI is InChI=1S/C22H23N3O5S/c1-13-14(2)21(25(20(13)27)11-15-4-7-17(30-3)8-5-15)31-12-19(26)24-18-9-6-16(10-23-18)22(28)29/h4-10,27H,11-12H2,1-3H3,(H,28,29)(H,23,24,26). The van der Waals surface area contributed by atoms with E-state index in [0.29, 0.717) is 6.54 Å². The number of nitrogens with zero attached hydrogens (tertiary/aromatic N) is 2. The zero-order valence-electron chi connectivity index (χ0n) is 17.4. The Labute approximate surface area is 183 Å². The molecular weight excluding hydrogens is 418 g/mol. The lowest BCUT2D eigenvalue weighted by Gasteiger charge is -2.12. The number of pyridine rings is 1. The fourth-order valence-corrected chi connectivity index (χ4v) is 4.00. The van der Waals surface area contributed by atoms with Gasteiger partial charge in [-0.05, 0) is 49.2 Å². The van der Waals surface area contributed by atoms with Gasteiger partial charge in [0.05, 0.1) is 30.0 Å². The number of carbonyl (C=O) groups excluding carboxylic acids is 1. The van der Waals surface area contributed by atoms with Crippen molar-refractivity contribution in [2.45, 2.75) is 25.4 Å². The number of methoxy groups -OCH3 is 1. The molecule has 0 fully saturated rings. The van der Waals surface area contributed by atoms with E-state index in [4.69, 9.17) is 9.84 Å². The van der Waals surface area contributed by atoms with Crippen molar-refractivity contribution in [3.8, 4) is 11.6 Å². The molecule has 2 heterocycles. The molecule has 3 rings (SSSR count). The second kappa shape index (κ2) is 9.57. The Morgan fingerprint density at radius 1 is 1.13 bits per heavy atom. The number of rotatable bonds is 8. The summed E-state index contributed by atoms with van der Waals surface area (Å²) in [6, 6.07) is 10.4. The van der Waals surface area contributed by atoms with E-state index in [0.717, 1.165) is 27.5 Å². The number of carboxylic acid groups (broad SMARTS) is 1. The van der Waals surface area contributed by atoms with E-state index in [2.05, 4.69) is 10.3 Å². The fraction of sp³-hybridized carbons (Fsp3) is 0.227. The summed E-state index contributed by atoms with van der Waals surface area (Å²) in [6.07, 6.45) is 1.19. The minimum absolute atomic E-state index is 0.0466. The van der Waals surface area contributed by atoms with Gasteiger partial charge in [-0.2, -0.15) is 0 Å². The lowest BCUT2D eigenvalue weighted by molar-refractivity contribution is -0.113. The molecule has 0 saturated heterocycles. The van der Waals surface area contributed by atoms with E-state index >= 15 is 0 Å². The van der Waals surface area contributed by atoms with Crippen LogP contribution < -0.4 is 10.1 Å². The molecule has 0 atom stereocenters. The van der Waals surface area contributed by atoms with Crippen molar-refractivity contribution in [2.24, 2.45) is 0 Å². The second-order valence-corrected chi connectivity index (χ2v) is 7.85. The number of nitrogens with one attached hydrogen (secondary N) is 1. The zero-order chi connectivity index (χ0) is 22.5. The lowest BCUT2D eigenvalue weighted by Crippen LogP contribution is -2.15. The molecule has 162 valence electrons. The van der Waals surface area contributed by atoms with E-state index < -0.39 is 5.97 Å². The van der Waals surface area contributed by atoms with Crippen LogP contribution in [-0.2, 0) is 11.3 Å². The number of amides is 1. The van der Waals surface area contributed by atoms with Gasteiger partial charge in [-0.25, -0.2) is 9.78 Å². The number of hydrogen-bond acceptors (Lipinski definition) is 6. The van der Waals surface area contributed by atoms with E-state index in [1.54, 1.807) is 11.7 Å². The minimum atomic E-state index is -1.08. The number of aromatic nitrogens is 2. The minimum Gasteiger partial charge on any atom is -0.497 e. The summed E-state index contributed by atoms with van der Waals surface area (Å²) in [5.74, 6) is -0.0564. The number of benzene rings is 1. The van der Waals surface area contributed by atoms with Gasteiger partial charge in [0.2, 0.25) is 5.91 Å². The molecule has 0 unspecified atom stereocenters. The Balaban J connectivity index is 1.71. The van der Waals surface area contributed by atoms with Crippen LogP contribution in [0.3, 0.4) is 0 Å². The van der Waals surface area contributed by atoms with Crippen LogP contribution in [0.5, 0.6) is 11.6 Å². The molecule has 0 aliphatic rings. The van der Waals surface area contributed by atoms with E-state index in [9.17, 15) is 14.7 Å². The molecule has 0 aliphatic carbocycles. The quantitative estimate of drug-likeness (QED) is 0.457. The van der Waals surface area contributed by atoms with Gasteiger partial charge >= 0.3 is 5.97 Å². The number of aromatic hydroxyl groups is 1. The number of thioether (sulfide) groups is 1. The smallest absolute Gasteiger partial charge is 0.337 e. The first-order valence-corrected chi connectivity index (χ1v) is 10.4. The van der Waals surface area contributed by atoms with Crippen LogP contribution in [-0.4, -0.2) is 44.5 Å². The third kappa shape index (κ3) is 5.18. The first-order valence-electron chi connectivity index (χ1n) is 9.43. The van der Waals surface area contributed by atoms with Crippen LogP contribution in [0.2, 0.25) is 0 Å². The van der Waals surface area contributed by atoms with Crippen molar-refractivity contribution in [3.63, 3.8) is 0 Å². The molecule has 3 aromatic rings. The molecule has 3 N–H and O–H groups in total. The van der Waals surface area contributed by atoms with Crippen molar-refractivity contribution in [1.29, 1.82) is 0 Å². The lowest BCUT2D eigenvalue weighted by atomic mass is 10.2. The van der Waals surface area contributed by atoms with Gasteiger partial charge in [-0.15, -0.1) is 0 Å². The molecule has 0 spiro atoms. The number of anilines is 1. The van der Waals surface area contributed by atoms with Crippen LogP contribution in [0.4, 0.5) is 5.82 Å². The topological polar surface area (TPSA) is 114 Å². The molecule has 1 aromatic carbocycles. The van der Waals surface area contributed by atoms with Gasteiger partial charge in [0.25, 0.3) is 0 Å². The number of ether oxygens (including phenoxy) is 1. The van der Waals surface area contributed by atoms with Crippen LogP contribution >= 0.6 is 11.8 Å². The molecule has 0 aliphatic heterocycles. The molecule has 9 heteroatoms. The van der Waals surface area contributed by atoms with E-state index in [1.807, 2.05) is 38.1 Å². The highest BCUT2D eigenvalue weighted by atomic mass is 32.2. The van der Waals surface area contributed by atoms with Crippen LogP contribution in [0.1, 0.15) is 27.0 Å². The van der Waals surface area contributed by atoms with Crippen molar-refractivity contribution < 1.29 is 24.5 Å². The molecule has 2 aromatic heterocycles. The van der Waals surface area contributed by atoms with Gasteiger partial charge in [0.15, 0.2) is 5.88 Å². The van der Waals surface area contributed by atoms with Gasteiger partial charge in [-0.3, -0.25) is 4.79 Å². The van der Waals surface area contributed by atoms with Gasteiger partial charge in [0.1, 0.15) is 11.6 Å². The van der Waals surface area contributed by atoms with Crippen LogP contribution in [0.25, 0.3) is 0 Å². The predicted molar refractivity (Wildman–Crippen MR) is 118 cm³/mol. The van der Waals surface area contributed by atoms with Crippen molar-refractivity contribution in [3.05, 3.63) is 64.8 Å². The van der Waals surface area contributed by atoms with Gasteiger partial charge in [-0.1, -0.05) is 23.9 Å². The summed E-state index contributed by atoms with van der Waals surface area (Å²) < 4.78 is 6.97. The largest absolute Gasteiger partial charge is 0.497 e. The first kappa shape index (κ1) is 22.2. The van der Waals surface area contributed by atoms with Gasteiger partial charge < -0.3 is 24.8 Å². The maximum atomic E-state index is 12.4. The normalized spacial score (nSPS) is 10.7. The molecular formula is C22H23N3O5S. The summed E-state index contributed by atoms with van der Waals surface area (Å²) in [5.41, 5.74) is 2.71. The number of carbonyl (C=O) groups is 2. The van der Waals surface area contributed by atoms with E-state index in [1.165, 1.54) is 30.1 Å². The third-order valence-electron chi connectivity index (χ3n) is 4.84. The second-order valence-electron chi connectivity index (χ2n) is 6.89. The van der Waals surface area contributed by atoms with Gasteiger partial charge in [0, 0.05) is 11.8 Å². The summed E-state index contributed by atoms with van der Waals surface area (Å²) in [6.45, 7) is 4.20. The maximum absolute atomic E-state index is 12.4. The Bertz CT molecular complexity index is 1090. The fourth-order valence-electron chi connectivity index (χ4n) is 2.98. The number of carboxylic acids is 1. The summed E-state index contributed by atoms with van der Waals surface area (Å²) in [5, 5.41) is 23.0. The monoisotopic (exact) mass is 441 g/mol. The summed E-state index contributed by atoms with van der Waals surface area (Å²) in [4.78, 5) is 27.2. The zero-order valence-corrected chi connectivity index (χ0v) is 18.2. The van der Waals surface area contributed by atoms with Crippen LogP contribution in [0.15, 0.2) is 47.6 Å². The molecule has 0 radical (unpaired) electrons. The maximum Gasteiger partial charge on any atom is 0.337 e. The molecule has 8 nitrogen and oxygen atoms in total. The molecule has 1 amide bonds. The summed E-state index contributed by atoms with van der Waals surface area (Å²) in [7, 11) is 1.61. The Hall–Kier alpha value is -3.46. The third-order valence-corrected chi connectivity index (χ3v) is 6.04. The number of aromatic carboxylic acids is 1. The number of hydrogen-bond donors (Lipinski definition) is 3. The van der Waals surface area contributed by atoms with E-state index in [-0.39, 0.29) is 28.9 Å². The summed E-state index contributed by atoms with van der Waals surface area (Å²) >= 11 is 1.32. The Morgan fingerprint density at radius 2 is 1.84 bits per heavy atom. The Kier molecular flexibility index (Phi) is 6.86. The van der Waals surface area contributed by atoms with Crippen molar-refractivity contribution in [2.75, 3.05) is 18.2 Å².